The van der Waals surface area contributed by atoms with E-state index in [1.807, 2.05) is 6.07 Å². The van der Waals surface area contributed by atoms with Gasteiger partial charge in [0.2, 0.25) is 6.79 Å². The highest BCUT2D eigenvalue weighted by Crippen LogP contribution is 2.46. The number of pyridine rings is 1. The average molecular weight is 393 g/mol. The second kappa shape index (κ2) is 5.91. The van der Waals surface area contributed by atoms with Gasteiger partial charge < -0.3 is 28.7 Å². The van der Waals surface area contributed by atoms with Crippen molar-refractivity contribution >= 4 is 16.9 Å². The summed E-state index contributed by atoms with van der Waals surface area (Å²) in [6, 6.07) is 8.81. The van der Waals surface area contributed by atoms with Crippen molar-refractivity contribution < 1.29 is 28.5 Å². The summed E-state index contributed by atoms with van der Waals surface area (Å²) >= 11 is 0. The molecule has 3 aliphatic rings. The summed E-state index contributed by atoms with van der Waals surface area (Å²) in [6.45, 7) is 1.06. The zero-order chi connectivity index (χ0) is 19.5. The molecule has 0 spiro atoms. The normalized spacial score (nSPS) is 19.0. The standard InChI is InChI=1S/C21H15NO7/c23-20-6-11(12-5-17-19(28-9-27-17)8-15(12)29-20)13-3-10-4-16-18(26-2-1-25-16)7-14(10)22-21(13)24/h3-5,7-8,11H,1-2,6,9H2,(H,22,24)/t11-/m1/s1. The quantitative estimate of drug-likeness (QED) is 0.501. The molecular weight excluding hydrogens is 378 g/mol. The zero-order valence-corrected chi connectivity index (χ0v) is 15.2. The predicted octanol–water partition coefficient (Wildman–Crippen LogP) is 2.47. The van der Waals surface area contributed by atoms with Gasteiger partial charge in [-0.3, -0.25) is 9.59 Å². The van der Waals surface area contributed by atoms with Crippen LogP contribution in [0.4, 0.5) is 0 Å². The van der Waals surface area contributed by atoms with Gasteiger partial charge in [-0.25, -0.2) is 0 Å². The molecule has 0 unspecified atom stereocenters. The van der Waals surface area contributed by atoms with Gasteiger partial charge in [-0.15, -0.1) is 0 Å². The molecule has 6 rings (SSSR count). The summed E-state index contributed by atoms with van der Waals surface area (Å²) in [5, 5.41) is 0.796. The van der Waals surface area contributed by atoms with Crippen LogP contribution in [0.5, 0.6) is 28.7 Å². The third-order valence-corrected chi connectivity index (χ3v) is 5.39. The monoisotopic (exact) mass is 393 g/mol. The molecule has 3 aliphatic heterocycles. The van der Waals surface area contributed by atoms with E-state index in [-0.39, 0.29) is 18.8 Å². The Morgan fingerprint density at radius 1 is 0.759 bits per heavy atom. The molecule has 4 heterocycles. The van der Waals surface area contributed by atoms with Gasteiger partial charge in [0.15, 0.2) is 23.0 Å². The lowest BCUT2D eigenvalue weighted by Crippen LogP contribution is -2.25. The van der Waals surface area contributed by atoms with Crippen LogP contribution in [0.25, 0.3) is 10.9 Å². The Morgan fingerprint density at radius 2 is 1.48 bits per heavy atom. The number of carbonyl (C=O) groups is 1. The fourth-order valence-electron chi connectivity index (χ4n) is 4.04. The molecule has 8 nitrogen and oxygen atoms in total. The van der Waals surface area contributed by atoms with Gasteiger partial charge in [-0.2, -0.15) is 0 Å². The molecule has 29 heavy (non-hydrogen) atoms. The van der Waals surface area contributed by atoms with Gasteiger partial charge in [0, 0.05) is 34.6 Å². The topological polar surface area (TPSA) is 96.1 Å². The number of rotatable bonds is 1. The summed E-state index contributed by atoms with van der Waals surface area (Å²) in [5.74, 6) is 1.86. The van der Waals surface area contributed by atoms with Crippen LogP contribution in [0.1, 0.15) is 23.5 Å². The van der Waals surface area contributed by atoms with E-state index in [9.17, 15) is 9.59 Å². The van der Waals surface area contributed by atoms with E-state index in [0.29, 0.717) is 53.0 Å². The van der Waals surface area contributed by atoms with Gasteiger partial charge in [-0.1, -0.05) is 0 Å². The molecule has 0 radical (unpaired) electrons. The van der Waals surface area contributed by atoms with E-state index >= 15 is 0 Å². The SMILES string of the molecule is O=C1C[C@@H](c2cc3cc4c(cc3[nH]c2=O)OCCO4)c2cc3c(cc2O1)OCO3. The van der Waals surface area contributed by atoms with Crippen LogP contribution in [-0.4, -0.2) is 31.0 Å². The molecule has 2 aromatic carbocycles. The summed E-state index contributed by atoms with van der Waals surface area (Å²) in [4.78, 5) is 28.1. The van der Waals surface area contributed by atoms with E-state index < -0.39 is 11.9 Å². The number of aromatic nitrogens is 1. The summed E-state index contributed by atoms with van der Waals surface area (Å²) < 4.78 is 27.5. The molecule has 1 atom stereocenters. The van der Waals surface area contributed by atoms with Crippen molar-refractivity contribution in [3.8, 4) is 28.7 Å². The van der Waals surface area contributed by atoms with Crippen LogP contribution in [0.3, 0.4) is 0 Å². The molecule has 0 saturated carbocycles. The third kappa shape index (κ3) is 2.52. The number of hydrogen-bond acceptors (Lipinski definition) is 7. The number of H-pyrrole nitrogens is 1. The summed E-state index contributed by atoms with van der Waals surface area (Å²) in [6.07, 6.45) is 0.0613. The number of ether oxygens (including phenoxy) is 5. The van der Waals surface area contributed by atoms with Gasteiger partial charge in [0.1, 0.15) is 19.0 Å². The highest BCUT2D eigenvalue weighted by molar-refractivity contribution is 5.84. The van der Waals surface area contributed by atoms with Crippen molar-refractivity contribution in [1.82, 2.24) is 4.98 Å². The molecular formula is C21H15NO7. The first-order valence-electron chi connectivity index (χ1n) is 9.26. The Kier molecular flexibility index (Phi) is 3.32. The van der Waals surface area contributed by atoms with Crippen LogP contribution in [0.15, 0.2) is 35.1 Å². The second-order valence-electron chi connectivity index (χ2n) is 7.11. The minimum absolute atomic E-state index is 0.0613. The molecule has 0 amide bonds. The van der Waals surface area contributed by atoms with Crippen LogP contribution in [-0.2, 0) is 4.79 Å². The number of carbonyl (C=O) groups excluding carboxylic acids is 1. The van der Waals surface area contributed by atoms with E-state index in [1.165, 1.54) is 0 Å². The fraction of sp³-hybridized carbons (Fsp3) is 0.238. The van der Waals surface area contributed by atoms with Crippen LogP contribution < -0.4 is 29.2 Å². The first-order valence-corrected chi connectivity index (χ1v) is 9.26. The Bertz CT molecular complexity index is 1250. The van der Waals surface area contributed by atoms with Crippen molar-refractivity contribution in [1.29, 1.82) is 0 Å². The molecule has 0 bridgehead atoms. The molecule has 0 saturated heterocycles. The Morgan fingerprint density at radius 3 is 2.31 bits per heavy atom. The van der Waals surface area contributed by atoms with E-state index in [0.717, 1.165) is 10.9 Å². The Balaban J connectivity index is 1.52. The van der Waals surface area contributed by atoms with Gasteiger partial charge in [-0.05, 0) is 18.2 Å². The summed E-state index contributed by atoms with van der Waals surface area (Å²) in [7, 11) is 0. The molecule has 1 aromatic heterocycles. The molecule has 3 aromatic rings. The van der Waals surface area contributed by atoms with Gasteiger partial charge in [0.25, 0.3) is 5.56 Å². The average Bonchev–Trinajstić information content (AvgIpc) is 3.17. The smallest absolute Gasteiger partial charge is 0.312 e. The number of hydrogen-bond donors (Lipinski definition) is 1. The fourth-order valence-corrected chi connectivity index (χ4v) is 4.04. The highest BCUT2D eigenvalue weighted by Gasteiger charge is 2.33. The largest absolute Gasteiger partial charge is 0.486 e. The maximum absolute atomic E-state index is 12.9. The van der Waals surface area contributed by atoms with Crippen molar-refractivity contribution in [3.05, 3.63) is 51.8 Å². The van der Waals surface area contributed by atoms with E-state index in [2.05, 4.69) is 4.98 Å². The van der Waals surface area contributed by atoms with Crippen molar-refractivity contribution in [2.24, 2.45) is 0 Å². The van der Waals surface area contributed by atoms with Crippen LogP contribution in [0.2, 0.25) is 0 Å². The molecule has 0 aliphatic carbocycles. The third-order valence-electron chi connectivity index (χ3n) is 5.39. The minimum Gasteiger partial charge on any atom is -0.486 e. The maximum Gasteiger partial charge on any atom is 0.312 e. The Labute approximate surface area is 163 Å². The molecule has 0 fully saturated rings. The first-order chi connectivity index (χ1) is 14.2. The van der Waals surface area contributed by atoms with Crippen LogP contribution >= 0.6 is 0 Å². The number of benzene rings is 2. The molecule has 146 valence electrons. The molecule has 1 N–H and O–H groups in total. The Hall–Kier alpha value is -3.68. The lowest BCUT2D eigenvalue weighted by molar-refractivity contribution is -0.135. The first kappa shape index (κ1) is 16.3. The van der Waals surface area contributed by atoms with E-state index in [4.69, 9.17) is 23.7 Å². The number of fused-ring (bicyclic) bond motifs is 4. The minimum atomic E-state index is -0.456. The van der Waals surface area contributed by atoms with Crippen LogP contribution in [0, 0.1) is 0 Å². The van der Waals surface area contributed by atoms with Gasteiger partial charge >= 0.3 is 5.97 Å². The predicted molar refractivity (Wildman–Crippen MR) is 100 cm³/mol. The van der Waals surface area contributed by atoms with Crippen molar-refractivity contribution in [2.75, 3.05) is 20.0 Å². The number of esters is 1. The second-order valence-corrected chi connectivity index (χ2v) is 7.11. The maximum atomic E-state index is 12.9. The highest BCUT2D eigenvalue weighted by atomic mass is 16.7. The van der Waals surface area contributed by atoms with Crippen molar-refractivity contribution in [3.63, 3.8) is 0 Å². The zero-order valence-electron chi connectivity index (χ0n) is 15.2. The van der Waals surface area contributed by atoms with E-state index in [1.54, 1.807) is 24.3 Å². The number of nitrogens with one attached hydrogen (secondary N) is 1. The van der Waals surface area contributed by atoms with Crippen molar-refractivity contribution in [2.45, 2.75) is 12.3 Å². The lowest BCUT2D eigenvalue weighted by atomic mass is 9.86. The van der Waals surface area contributed by atoms with Gasteiger partial charge in [0.05, 0.1) is 11.9 Å². The number of aromatic amines is 1. The summed E-state index contributed by atoms with van der Waals surface area (Å²) in [5.41, 5.74) is 1.58. The lowest BCUT2D eigenvalue weighted by Gasteiger charge is -2.25. The molecule has 8 heteroatoms.